The van der Waals surface area contributed by atoms with Crippen LogP contribution in [0, 0.1) is 11.8 Å². The molecule has 1 aromatic rings. The Morgan fingerprint density at radius 2 is 1.90 bits per heavy atom. The predicted molar refractivity (Wildman–Crippen MR) is 85.5 cm³/mol. The van der Waals surface area contributed by atoms with Gasteiger partial charge in [0.05, 0.1) is 11.9 Å². The highest BCUT2D eigenvalue weighted by Gasteiger charge is 2.16. The first-order valence-corrected chi connectivity index (χ1v) is 7.80. The number of anilines is 1. The summed E-state index contributed by atoms with van der Waals surface area (Å²) in [4.78, 5) is 12.1. The molecule has 0 aliphatic rings. The SMILES string of the molecule is CCC(CC)C(C)Nc1cnn(CC(C)C)c(=O)c1Cl. The van der Waals surface area contributed by atoms with Crippen molar-refractivity contribution < 1.29 is 0 Å². The second kappa shape index (κ2) is 7.67. The van der Waals surface area contributed by atoms with E-state index >= 15 is 0 Å². The fourth-order valence-corrected chi connectivity index (χ4v) is 2.60. The fourth-order valence-electron chi connectivity index (χ4n) is 2.40. The lowest BCUT2D eigenvalue weighted by atomic mass is 9.95. The molecule has 5 heteroatoms. The first kappa shape index (κ1) is 17.0. The molecule has 0 aliphatic carbocycles. The van der Waals surface area contributed by atoms with Crippen LogP contribution in [-0.4, -0.2) is 15.8 Å². The van der Waals surface area contributed by atoms with Gasteiger partial charge in [0, 0.05) is 12.6 Å². The van der Waals surface area contributed by atoms with Crippen molar-refractivity contribution in [2.24, 2.45) is 11.8 Å². The molecule has 1 rings (SSSR count). The van der Waals surface area contributed by atoms with Gasteiger partial charge in [-0.1, -0.05) is 52.1 Å². The Balaban J connectivity index is 2.93. The smallest absolute Gasteiger partial charge is 0.287 e. The van der Waals surface area contributed by atoms with E-state index in [0.717, 1.165) is 12.8 Å². The summed E-state index contributed by atoms with van der Waals surface area (Å²) in [6.07, 6.45) is 3.85. The number of aromatic nitrogens is 2. The molecule has 0 aromatic carbocycles. The molecule has 1 atom stereocenters. The van der Waals surface area contributed by atoms with E-state index in [1.54, 1.807) is 6.20 Å². The number of hydrogen-bond acceptors (Lipinski definition) is 3. The molecular weight excluding hydrogens is 274 g/mol. The van der Waals surface area contributed by atoms with Crippen LogP contribution >= 0.6 is 11.6 Å². The van der Waals surface area contributed by atoms with Crippen LogP contribution in [0.5, 0.6) is 0 Å². The van der Waals surface area contributed by atoms with Crippen molar-refractivity contribution in [3.05, 3.63) is 21.6 Å². The lowest BCUT2D eigenvalue weighted by Crippen LogP contribution is -2.29. The van der Waals surface area contributed by atoms with Gasteiger partial charge >= 0.3 is 0 Å². The van der Waals surface area contributed by atoms with Gasteiger partial charge < -0.3 is 5.32 Å². The fraction of sp³-hybridized carbons (Fsp3) is 0.733. The Labute approximate surface area is 126 Å². The van der Waals surface area contributed by atoms with Crippen molar-refractivity contribution in [3.63, 3.8) is 0 Å². The summed E-state index contributed by atoms with van der Waals surface area (Å²) < 4.78 is 1.43. The van der Waals surface area contributed by atoms with Crippen molar-refractivity contribution >= 4 is 17.3 Å². The van der Waals surface area contributed by atoms with E-state index in [1.807, 2.05) is 13.8 Å². The normalized spacial score (nSPS) is 13.0. The summed E-state index contributed by atoms with van der Waals surface area (Å²) in [6.45, 7) is 11.1. The monoisotopic (exact) mass is 299 g/mol. The van der Waals surface area contributed by atoms with Crippen molar-refractivity contribution in [1.29, 1.82) is 0 Å². The lowest BCUT2D eigenvalue weighted by Gasteiger charge is -2.24. The van der Waals surface area contributed by atoms with Gasteiger partial charge in [-0.05, 0) is 18.8 Å². The zero-order chi connectivity index (χ0) is 15.3. The van der Waals surface area contributed by atoms with Crippen LogP contribution in [0.1, 0.15) is 47.5 Å². The quantitative estimate of drug-likeness (QED) is 0.833. The third-order valence-electron chi connectivity index (χ3n) is 3.66. The minimum atomic E-state index is -0.220. The van der Waals surface area contributed by atoms with Gasteiger partial charge in [0.1, 0.15) is 5.02 Å². The summed E-state index contributed by atoms with van der Waals surface area (Å²) in [7, 11) is 0. The molecule has 114 valence electrons. The van der Waals surface area contributed by atoms with Gasteiger partial charge in [-0.25, -0.2) is 4.68 Å². The number of nitrogens with zero attached hydrogens (tertiary/aromatic N) is 2. The molecule has 0 fully saturated rings. The number of hydrogen-bond donors (Lipinski definition) is 1. The Morgan fingerprint density at radius 1 is 1.30 bits per heavy atom. The second-order valence-corrected chi connectivity index (χ2v) is 6.14. The van der Waals surface area contributed by atoms with Crippen LogP contribution in [0.3, 0.4) is 0 Å². The van der Waals surface area contributed by atoms with Gasteiger partial charge in [0.15, 0.2) is 0 Å². The van der Waals surface area contributed by atoms with E-state index < -0.39 is 0 Å². The second-order valence-electron chi connectivity index (χ2n) is 5.76. The van der Waals surface area contributed by atoms with Crippen LogP contribution in [0.4, 0.5) is 5.69 Å². The summed E-state index contributed by atoms with van der Waals surface area (Å²) in [5, 5.41) is 7.76. The van der Waals surface area contributed by atoms with Crippen molar-refractivity contribution in [1.82, 2.24) is 9.78 Å². The maximum Gasteiger partial charge on any atom is 0.287 e. The van der Waals surface area contributed by atoms with Gasteiger partial charge in [-0.2, -0.15) is 5.10 Å². The number of nitrogens with one attached hydrogen (secondary N) is 1. The largest absolute Gasteiger partial charge is 0.380 e. The first-order chi connectivity index (χ1) is 9.40. The third kappa shape index (κ3) is 4.23. The van der Waals surface area contributed by atoms with Gasteiger partial charge in [0.2, 0.25) is 0 Å². The Bertz CT molecular complexity index is 480. The molecule has 1 aromatic heterocycles. The molecule has 0 bridgehead atoms. The van der Waals surface area contributed by atoms with Crippen LogP contribution in [0.2, 0.25) is 5.02 Å². The zero-order valence-electron chi connectivity index (χ0n) is 13.1. The molecule has 0 saturated heterocycles. The van der Waals surface area contributed by atoms with Crippen LogP contribution < -0.4 is 10.9 Å². The van der Waals surface area contributed by atoms with Gasteiger partial charge in [-0.3, -0.25) is 4.79 Å². The van der Waals surface area contributed by atoms with E-state index in [4.69, 9.17) is 11.6 Å². The summed E-state index contributed by atoms with van der Waals surface area (Å²) in [6, 6.07) is 0.268. The highest BCUT2D eigenvalue weighted by Crippen LogP contribution is 2.21. The Kier molecular flexibility index (Phi) is 6.53. The average Bonchev–Trinajstić information content (AvgIpc) is 2.39. The summed E-state index contributed by atoms with van der Waals surface area (Å²) in [5.41, 5.74) is 0.415. The Hall–Kier alpha value is -1.03. The average molecular weight is 300 g/mol. The highest BCUT2D eigenvalue weighted by molar-refractivity contribution is 6.32. The summed E-state index contributed by atoms with van der Waals surface area (Å²) in [5.74, 6) is 0.919. The predicted octanol–water partition coefficient (Wildman–Crippen LogP) is 3.79. The minimum Gasteiger partial charge on any atom is -0.380 e. The number of halogens is 1. The van der Waals surface area contributed by atoms with E-state index in [0.29, 0.717) is 24.1 Å². The van der Waals surface area contributed by atoms with Crippen molar-refractivity contribution in [2.75, 3.05) is 5.32 Å². The molecule has 1 unspecified atom stereocenters. The van der Waals surface area contributed by atoms with E-state index in [9.17, 15) is 4.79 Å². The van der Waals surface area contributed by atoms with E-state index in [-0.39, 0.29) is 16.6 Å². The maximum absolute atomic E-state index is 12.1. The van der Waals surface area contributed by atoms with Crippen LogP contribution in [0.15, 0.2) is 11.0 Å². The minimum absolute atomic E-state index is 0.220. The third-order valence-corrected chi connectivity index (χ3v) is 4.03. The highest BCUT2D eigenvalue weighted by atomic mass is 35.5. The molecular formula is C15H26ClN3O. The first-order valence-electron chi connectivity index (χ1n) is 7.42. The van der Waals surface area contributed by atoms with Gasteiger partial charge in [-0.15, -0.1) is 0 Å². The maximum atomic E-state index is 12.1. The number of rotatable bonds is 7. The van der Waals surface area contributed by atoms with E-state index in [1.165, 1.54) is 4.68 Å². The zero-order valence-corrected chi connectivity index (χ0v) is 13.9. The van der Waals surface area contributed by atoms with Crippen LogP contribution in [-0.2, 0) is 6.54 Å². The molecule has 20 heavy (non-hydrogen) atoms. The molecule has 0 aliphatic heterocycles. The molecule has 1 N–H and O–H groups in total. The van der Waals surface area contributed by atoms with Crippen molar-refractivity contribution in [2.45, 2.75) is 60.0 Å². The molecule has 0 spiro atoms. The van der Waals surface area contributed by atoms with E-state index in [2.05, 4.69) is 31.2 Å². The van der Waals surface area contributed by atoms with Crippen LogP contribution in [0.25, 0.3) is 0 Å². The molecule has 0 amide bonds. The molecule has 1 heterocycles. The summed E-state index contributed by atoms with van der Waals surface area (Å²) >= 11 is 6.18. The van der Waals surface area contributed by atoms with Crippen molar-refractivity contribution in [3.8, 4) is 0 Å². The van der Waals surface area contributed by atoms with Gasteiger partial charge in [0.25, 0.3) is 5.56 Å². The molecule has 0 radical (unpaired) electrons. The topological polar surface area (TPSA) is 46.9 Å². The molecule has 4 nitrogen and oxygen atoms in total. The molecule has 0 saturated carbocycles. The Morgan fingerprint density at radius 3 is 2.40 bits per heavy atom. The lowest BCUT2D eigenvalue weighted by molar-refractivity contribution is 0.436. The standard InChI is InChI=1S/C15H26ClN3O/c1-6-12(7-2)11(5)18-13-8-17-19(9-10(3)4)15(20)14(13)16/h8,10-12,18H,6-7,9H2,1-5H3.